The van der Waals surface area contributed by atoms with Crippen LogP contribution in [0.1, 0.15) is 22.2 Å². The van der Waals surface area contributed by atoms with Crippen molar-refractivity contribution < 1.29 is 14.3 Å². The van der Waals surface area contributed by atoms with Gasteiger partial charge in [-0.05, 0) is 30.5 Å². The Bertz CT molecular complexity index is 643. The molecular weight excluding hydrogens is 291 g/mol. The molecule has 0 radical (unpaired) electrons. The highest BCUT2D eigenvalue weighted by Gasteiger charge is 2.19. The van der Waals surface area contributed by atoms with Gasteiger partial charge in [0.1, 0.15) is 5.82 Å². The van der Waals surface area contributed by atoms with Gasteiger partial charge in [-0.1, -0.05) is 6.07 Å². The highest BCUT2D eigenvalue weighted by molar-refractivity contribution is 7.09. The Morgan fingerprint density at radius 2 is 2.24 bits per heavy atom. The molecule has 0 bridgehead atoms. The van der Waals surface area contributed by atoms with E-state index in [1.807, 2.05) is 24.4 Å². The third-order valence-corrected chi connectivity index (χ3v) is 4.37. The Balaban J connectivity index is 2.27. The van der Waals surface area contributed by atoms with Crippen molar-refractivity contribution in [3.05, 3.63) is 45.9 Å². The standard InChI is InChI=1S/C15H17FN2O2S/c1-9(6-10-4-3-5-21-10)18(2)14-7-11(15(19)20)13(17)8-12(14)16/h3-5,7-9H,6,17H2,1-2H3,(H,19,20). The van der Waals surface area contributed by atoms with E-state index >= 15 is 0 Å². The number of benzene rings is 1. The van der Waals surface area contributed by atoms with E-state index in [4.69, 9.17) is 10.8 Å². The number of anilines is 2. The predicted molar refractivity (Wildman–Crippen MR) is 83.7 cm³/mol. The van der Waals surface area contributed by atoms with E-state index in [0.29, 0.717) is 0 Å². The second-order valence-corrected chi connectivity index (χ2v) is 5.97. The van der Waals surface area contributed by atoms with Crippen LogP contribution in [0.15, 0.2) is 29.6 Å². The van der Waals surface area contributed by atoms with Crippen molar-refractivity contribution in [1.29, 1.82) is 0 Å². The van der Waals surface area contributed by atoms with Crippen molar-refractivity contribution >= 4 is 28.7 Å². The summed E-state index contributed by atoms with van der Waals surface area (Å²) < 4.78 is 14.1. The minimum atomic E-state index is -1.16. The van der Waals surface area contributed by atoms with Crippen LogP contribution in [0.2, 0.25) is 0 Å². The quantitative estimate of drug-likeness (QED) is 0.832. The lowest BCUT2D eigenvalue weighted by Crippen LogP contribution is -2.31. The average Bonchev–Trinajstić information content (AvgIpc) is 2.90. The fourth-order valence-electron chi connectivity index (χ4n) is 2.13. The number of likely N-dealkylation sites (N-methyl/N-ethyl adjacent to an activating group) is 1. The van der Waals surface area contributed by atoms with Gasteiger partial charge in [0.15, 0.2) is 0 Å². The summed E-state index contributed by atoms with van der Waals surface area (Å²) in [4.78, 5) is 14.0. The number of aromatic carboxylic acids is 1. The van der Waals surface area contributed by atoms with Gasteiger partial charge >= 0.3 is 5.97 Å². The van der Waals surface area contributed by atoms with Crippen molar-refractivity contribution in [2.45, 2.75) is 19.4 Å². The van der Waals surface area contributed by atoms with E-state index in [1.54, 1.807) is 23.3 Å². The lowest BCUT2D eigenvalue weighted by Gasteiger charge is -2.27. The van der Waals surface area contributed by atoms with E-state index < -0.39 is 11.8 Å². The Morgan fingerprint density at radius 3 is 2.81 bits per heavy atom. The third kappa shape index (κ3) is 3.33. The molecule has 1 heterocycles. The van der Waals surface area contributed by atoms with E-state index in [0.717, 1.165) is 12.5 Å². The second-order valence-electron chi connectivity index (χ2n) is 4.94. The third-order valence-electron chi connectivity index (χ3n) is 3.47. The normalized spacial score (nSPS) is 12.1. The van der Waals surface area contributed by atoms with E-state index in [1.165, 1.54) is 10.9 Å². The highest BCUT2D eigenvalue weighted by Crippen LogP contribution is 2.27. The first kappa shape index (κ1) is 15.3. The monoisotopic (exact) mass is 308 g/mol. The van der Waals surface area contributed by atoms with Crippen LogP contribution >= 0.6 is 11.3 Å². The molecule has 0 aliphatic heterocycles. The number of nitrogen functional groups attached to an aromatic ring is 1. The molecule has 2 aromatic rings. The van der Waals surface area contributed by atoms with Crippen LogP contribution in [0.5, 0.6) is 0 Å². The van der Waals surface area contributed by atoms with Crippen molar-refractivity contribution in [1.82, 2.24) is 0 Å². The Hall–Kier alpha value is -2.08. The molecule has 1 aromatic carbocycles. The molecule has 0 amide bonds. The number of nitrogens with two attached hydrogens (primary N) is 1. The zero-order valence-corrected chi connectivity index (χ0v) is 12.7. The maximum atomic E-state index is 14.1. The molecule has 112 valence electrons. The van der Waals surface area contributed by atoms with Gasteiger partial charge in [0, 0.05) is 30.1 Å². The van der Waals surface area contributed by atoms with Crippen LogP contribution in [-0.4, -0.2) is 24.2 Å². The molecular formula is C15H17FN2O2S. The van der Waals surface area contributed by atoms with Crippen LogP contribution < -0.4 is 10.6 Å². The van der Waals surface area contributed by atoms with Crippen LogP contribution in [-0.2, 0) is 6.42 Å². The lowest BCUT2D eigenvalue weighted by atomic mass is 10.1. The first-order valence-corrected chi connectivity index (χ1v) is 7.35. The van der Waals surface area contributed by atoms with E-state index in [-0.39, 0.29) is 23.0 Å². The maximum absolute atomic E-state index is 14.1. The average molecular weight is 308 g/mol. The van der Waals surface area contributed by atoms with Gasteiger partial charge in [-0.25, -0.2) is 9.18 Å². The fourth-order valence-corrected chi connectivity index (χ4v) is 2.95. The van der Waals surface area contributed by atoms with Gasteiger partial charge in [-0.2, -0.15) is 0 Å². The number of rotatable bonds is 5. The summed E-state index contributed by atoms with van der Waals surface area (Å²) in [5.41, 5.74) is 5.63. The zero-order valence-electron chi connectivity index (χ0n) is 11.8. The fraction of sp³-hybridized carbons (Fsp3) is 0.267. The molecule has 6 heteroatoms. The van der Waals surface area contributed by atoms with Crippen LogP contribution in [0.3, 0.4) is 0 Å². The summed E-state index contributed by atoms with van der Waals surface area (Å²) in [6.07, 6.45) is 0.764. The Labute approximate surface area is 126 Å². The van der Waals surface area contributed by atoms with Crippen molar-refractivity contribution in [3.8, 4) is 0 Å². The molecule has 1 unspecified atom stereocenters. The summed E-state index contributed by atoms with van der Waals surface area (Å²) in [6, 6.07) is 6.38. The SMILES string of the molecule is CC(Cc1cccs1)N(C)c1cc(C(=O)O)c(N)cc1F. The molecule has 4 nitrogen and oxygen atoms in total. The van der Waals surface area contributed by atoms with Gasteiger partial charge in [0.25, 0.3) is 0 Å². The first-order chi connectivity index (χ1) is 9.90. The zero-order chi connectivity index (χ0) is 15.6. The van der Waals surface area contributed by atoms with Gasteiger partial charge < -0.3 is 15.7 Å². The molecule has 0 spiro atoms. The van der Waals surface area contributed by atoms with Crippen molar-refractivity contribution in [2.24, 2.45) is 0 Å². The number of thiophene rings is 1. The van der Waals surface area contributed by atoms with Crippen molar-refractivity contribution in [2.75, 3.05) is 17.7 Å². The molecule has 21 heavy (non-hydrogen) atoms. The molecule has 1 atom stereocenters. The number of halogens is 1. The summed E-state index contributed by atoms with van der Waals surface area (Å²) in [5, 5.41) is 11.1. The minimum Gasteiger partial charge on any atom is -0.478 e. The number of hydrogen-bond donors (Lipinski definition) is 2. The lowest BCUT2D eigenvalue weighted by molar-refractivity contribution is 0.0698. The molecule has 0 fully saturated rings. The number of carboxylic acids is 1. The Morgan fingerprint density at radius 1 is 1.52 bits per heavy atom. The van der Waals surface area contributed by atoms with Gasteiger partial charge in [-0.3, -0.25) is 0 Å². The van der Waals surface area contributed by atoms with Gasteiger partial charge in [-0.15, -0.1) is 11.3 Å². The molecule has 0 saturated carbocycles. The Kier molecular flexibility index (Phi) is 4.47. The summed E-state index contributed by atoms with van der Waals surface area (Å²) in [6.45, 7) is 1.97. The van der Waals surface area contributed by atoms with Crippen molar-refractivity contribution in [3.63, 3.8) is 0 Å². The van der Waals surface area contributed by atoms with Gasteiger partial charge in [0.2, 0.25) is 0 Å². The summed E-state index contributed by atoms with van der Waals surface area (Å²) in [7, 11) is 1.75. The van der Waals surface area contributed by atoms with Crippen LogP contribution in [0.25, 0.3) is 0 Å². The largest absolute Gasteiger partial charge is 0.478 e. The molecule has 0 aliphatic rings. The minimum absolute atomic E-state index is 0.0309. The predicted octanol–water partition coefficient (Wildman–Crippen LogP) is 3.24. The van der Waals surface area contributed by atoms with Crippen LogP contribution in [0.4, 0.5) is 15.8 Å². The smallest absolute Gasteiger partial charge is 0.337 e. The molecule has 0 saturated heterocycles. The molecule has 0 aliphatic carbocycles. The second kappa shape index (κ2) is 6.13. The summed E-state index contributed by atoms with van der Waals surface area (Å²) >= 11 is 1.64. The molecule has 2 rings (SSSR count). The molecule has 1 aromatic heterocycles. The number of hydrogen-bond acceptors (Lipinski definition) is 4. The van der Waals surface area contributed by atoms with E-state index in [9.17, 15) is 9.18 Å². The highest BCUT2D eigenvalue weighted by atomic mass is 32.1. The van der Waals surface area contributed by atoms with Gasteiger partial charge in [0.05, 0.1) is 11.3 Å². The topological polar surface area (TPSA) is 66.6 Å². The van der Waals surface area contributed by atoms with E-state index in [2.05, 4.69) is 0 Å². The summed E-state index contributed by atoms with van der Waals surface area (Å²) in [5.74, 6) is -1.67. The molecule has 3 N–H and O–H groups in total. The number of carbonyl (C=O) groups is 1. The van der Waals surface area contributed by atoms with Crippen LogP contribution in [0, 0.1) is 5.82 Å². The number of carboxylic acid groups (broad SMARTS) is 1. The number of nitrogens with zero attached hydrogens (tertiary/aromatic N) is 1. The maximum Gasteiger partial charge on any atom is 0.337 e. The first-order valence-electron chi connectivity index (χ1n) is 6.47.